The van der Waals surface area contributed by atoms with Crippen molar-refractivity contribution in [1.29, 1.82) is 0 Å². The van der Waals surface area contributed by atoms with E-state index in [9.17, 15) is 12.8 Å². The lowest BCUT2D eigenvalue weighted by Gasteiger charge is -2.08. The Kier molecular flexibility index (Phi) is 3.26. The number of benzene rings is 1. The second-order valence-corrected chi connectivity index (χ2v) is 5.90. The number of rotatable bonds is 3. The molecule has 0 radical (unpaired) electrons. The van der Waals surface area contributed by atoms with Crippen LogP contribution in [0, 0.1) is 5.82 Å². The standard InChI is InChI=1S/C14H10FN3O2S/c15-12-4-2-8-17-14(12)21(19,20)18-11-5-6-13-10(9-11)3-1-7-16-13/h1-9,18H. The van der Waals surface area contributed by atoms with Crippen molar-refractivity contribution < 1.29 is 12.8 Å². The van der Waals surface area contributed by atoms with Crippen LogP contribution in [0.4, 0.5) is 10.1 Å². The Morgan fingerprint density at radius 1 is 1.00 bits per heavy atom. The number of pyridine rings is 2. The summed E-state index contributed by atoms with van der Waals surface area (Å²) in [4.78, 5) is 7.71. The van der Waals surface area contributed by atoms with Gasteiger partial charge >= 0.3 is 0 Å². The number of hydrogen-bond acceptors (Lipinski definition) is 4. The van der Waals surface area contributed by atoms with Crippen molar-refractivity contribution in [3.8, 4) is 0 Å². The maximum atomic E-state index is 13.5. The number of aromatic nitrogens is 2. The average Bonchev–Trinajstić information content (AvgIpc) is 2.47. The number of halogens is 1. The van der Waals surface area contributed by atoms with Gasteiger partial charge in [-0.25, -0.2) is 9.37 Å². The van der Waals surface area contributed by atoms with E-state index in [4.69, 9.17) is 0 Å². The Balaban J connectivity index is 1.99. The van der Waals surface area contributed by atoms with Gasteiger partial charge in [0.05, 0.1) is 5.52 Å². The minimum Gasteiger partial charge on any atom is -0.278 e. The molecule has 0 aliphatic heterocycles. The highest BCUT2D eigenvalue weighted by atomic mass is 32.2. The number of fused-ring (bicyclic) bond motifs is 1. The maximum absolute atomic E-state index is 13.5. The molecule has 0 aliphatic carbocycles. The first-order valence-corrected chi connectivity index (χ1v) is 7.53. The lowest BCUT2D eigenvalue weighted by molar-refractivity contribution is 0.557. The topological polar surface area (TPSA) is 72.0 Å². The highest BCUT2D eigenvalue weighted by molar-refractivity contribution is 7.92. The van der Waals surface area contributed by atoms with Crippen molar-refractivity contribution in [3.63, 3.8) is 0 Å². The quantitative estimate of drug-likeness (QED) is 0.807. The lowest BCUT2D eigenvalue weighted by atomic mass is 10.2. The van der Waals surface area contributed by atoms with Gasteiger partial charge in [-0.1, -0.05) is 6.07 Å². The Labute approximate surface area is 120 Å². The number of hydrogen-bond donors (Lipinski definition) is 1. The second-order valence-electron chi connectivity index (χ2n) is 4.31. The van der Waals surface area contributed by atoms with Crippen molar-refractivity contribution >= 4 is 26.6 Å². The van der Waals surface area contributed by atoms with E-state index < -0.39 is 20.9 Å². The Morgan fingerprint density at radius 2 is 1.76 bits per heavy atom. The van der Waals surface area contributed by atoms with Crippen LogP contribution in [0.2, 0.25) is 0 Å². The monoisotopic (exact) mass is 303 g/mol. The molecular weight excluding hydrogens is 293 g/mol. The summed E-state index contributed by atoms with van der Waals surface area (Å²) in [7, 11) is -4.07. The molecule has 0 saturated carbocycles. The third-order valence-electron chi connectivity index (χ3n) is 2.83. The lowest BCUT2D eigenvalue weighted by Crippen LogP contribution is -2.16. The van der Waals surface area contributed by atoms with Crippen molar-refractivity contribution in [2.24, 2.45) is 0 Å². The summed E-state index contributed by atoms with van der Waals surface area (Å²) >= 11 is 0. The molecule has 3 rings (SSSR count). The van der Waals surface area contributed by atoms with Gasteiger partial charge in [0, 0.05) is 23.5 Å². The molecule has 0 bridgehead atoms. The highest BCUT2D eigenvalue weighted by Crippen LogP contribution is 2.20. The predicted octanol–water partition coefficient (Wildman–Crippen LogP) is 2.57. The van der Waals surface area contributed by atoms with Gasteiger partial charge in [-0.3, -0.25) is 9.71 Å². The summed E-state index contributed by atoms with van der Waals surface area (Å²) in [5, 5.41) is 0.149. The second kappa shape index (κ2) is 5.10. The molecule has 0 saturated heterocycles. The SMILES string of the molecule is O=S(=O)(Nc1ccc2ncccc2c1)c1ncccc1F. The van der Waals surface area contributed by atoms with Crippen LogP contribution in [0.15, 0.2) is 59.9 Å². The Hall–Kier alpha value is -2.54. The minimum absolute atomic E-state index is 0.320. The summed E-state index contributed by atoms with van der Waals surface area (Å²) in [5.74, 6) is -0.896. The first-order valence-electron chi connectivity index (χ1n) is 6.04. The number of nitrogens with one attached hydrogen (secondary N) is 1. The molecule has 1 N–H and O–H groups in total. The van der Waals surface area contributed by atoms with Crippen LogP contribution in [0.5, 0.6) is 0 Å². The van der Waals surface area contributed by atoms with Crippen LogP contribution in [0.25, 0.3) is 10.9 Å². The van der Waals surface area contributed by atoms with Gasteiger partial charge in [0.15, 0.2) is 5.82 Å². The van der Waals surface area contributed by atoms with E-state index in [1.54, 1.807) is 30.5 Å². The molecule has 0 fully saturated rings. The van der Waals surface area contributed by atoms with Crippen LogP contribution < -0.4 is 4.72 Å². The van der Waals surface area contributed by atoms with Crippen LogP contribution in [-0.4, -0.2) is 18.4 Å². The summed E-state index contributed by atoms with van der Waals surface area (Å²) in [5.41, 5.74) is 1.06. The third kappa shape index (κ3) is 2.68. The first kappa shape index (κ1) is 13.4. The fraction of sp³-hybridized carbons (Fsp3) is 0. The van der Waals surface area contributed by atoms with E-state index in [0.29, 0.717) is 5.69 Å². The van der Waals surface area contributed by atoms with Crippen LogP contribution in [-0.2, 0) is 10.0 Å². The zero-order valence-corrected chi connectivity index (χ0v) is 11.5. The van der Waals surface area contributed by atoms with Crippen molar-refractivity contribution in [2.45, 2.75) is 5.03 Å². The van der Waals surface area contributed by atoms with E-state index in [1.807, 2.05) is 6.07 Å². The van der Waals surface area contributed by atoms with E-state index >= 15 is 0 Å². The van der Waals surface area contributed by atoms with Gasteiger partial charge in [0.1, 0.15) is 0 Å². The molecule has 3 aromatic rings. The molecule has 0 atom stereocenters. The minimum atomic E-state index is -4.07. The van der Waals surface area contributed by atoms with Gasteiger partial charge in [-0.2, -0.15) is 8.42 Å². The first-order chi connectivity index (χ1) is 10.1. The molecule has 7 heteroatoms. The molecule has 0 aliphatic rings. The van der Waals surface area contributed by atoms with E-state index in [1.165, 1.54) is 12.3 Å². The molecular formula is C14H10FN3O2S. The van der Waals surface area contributed by atoms with Gasteiger partial charge in [0.2, 0.25) is 5.03 Å². The predicted molar refractivity (Wildman–Crippen MR) is 76.7 cm³/mol. The largest absolute Gasteiger partial charge is 0.282 e. The zero-order valence-electron chi connectivity index (χ0n) is 10.7. The van der Waals surface area contributed by atoms with E-state index in [0.717, 1.165) is 17.0 Å². The zero-order chi connectivity index (χ0) is 14.9. The molecule has 2 heterocycles. The molecule has 0 amide bonds. The molecule has 2 aromatic heterocycles. The molecule has 0 unspecified atom stereocenters. The van der Waals surface area contributed by atoms with Gasteiger partial charge in [-0.05, 0) is 36.4 Å². The summed E-state index contributed by atoms with van der Waals surface area (Å²) < 4.78 is 40.1. The highest BCUT2D eigenvalue weighted by Gasteiger charge is 2.20. The molecule has 21 heavy (non-hydrogen) atoms. The van der Waals surface area contributed by atoms with Crippen LogP contribution in [0.1, 0.15) is 0 Å². The Morgan fingerprint density at radius 3 is 2.57 bits per heavy atom. The Bertz CT molecular complexity index is 913. The molecule has 5 nitrogen and oxygen atoms in total. The molecule has 1 aromatic carbocycles. The summed E-state index contributed by atoms with van der Waals surface area (Å²) in [6.07, 6.45) is 2.87. The molecule has 106 valence electrons. The van der Waals surface area contributed by atoms with E-state index in [2.05, 4.69) is 14.7 Å². The molecule has 0 spiro atoms. The average molecular weight is 303 g/mol. The van der Waals surface area contributed by atoms with Crippen molar-refractivity contribution in [2.75, 3.05) is 4.72 Å². The summed E-state index contributed by atoms with van der Waals surface area (Å²) in [6.45, 7) is 0. The van der Waals surface area contributed by atoms with Gasteiger partial charge < -0.3 is 0 Å². The van der Waals surface area contributed by atoms with Gasteiger partial charge in [0.25, 0.3) is 10.0 Å². The smallest absolute Gasteiger partial charge is 0.278 e. The summed E-state index contributed by atoms with van der Waals surface area (Å²) in [6, 6.07) is 10.8. The number of nitrogens with zero attached hydrogens (tertiary/aromatic N) is 2. The normalized spacial score (nSPS) is 11.5. The van der Waals surface area contributed by atoms with Gasteiger partial charge in [-0.15, -0.1) is 0 Å². The fourth-order valence-corrected chi connectivity index (χ4v) is 2.97. The van der Waals surface area contributed by atoms with Crippen LogP contribution in [0.3, 0.4) is 0 Å². The number of anilines is 1. The van der Waals surface area contributed by atoms with Crippen molar-refractivity contribution in [3.05, 3.63) is 60.7 Å². The third-order valence-corrected chi connectivity index (χ3v) is 4.15. The fourth-order valence-electron chi connectivity index (χ4n) is 1.91. The van der Waals surface area contributed by atoms with Crippen LogP contribution >= 0.6 is 0 Å². The maximum Gasteiger partial charge on any atom is 0.282 e. The number of sulfonamides is 1. The van der Waals surface area contributed by atoms with Crippen molar-refractivity contribution in [1.82, 2.24) is 9.97 Å². The van der Waals surface area contributed by atoms with E-state index in [-0.39, 0.29) is 0 Å².